The second kappa shape index (κ2) is 8.57. The highest BCUT2D eigenvalue weighted by Gasteiger charge is 2.16. The second-order valence-corrected chi connectivity index (χ2v) is 4.90. The average Bonchev–Trinajstić information content (AvgIpc) is 2.48. The normalized spacial score (nSPS) is 10.8. The zero-order valence-corrected chi connectivity index (χ0v) is 13.6. The Balaban J connectivity index is 0.00000264. The maximum absolute atomic E-state index is 12.8. The molecule has 0 aliphatic heterocycles. The van der Waals surface area contributed by atoms with Crippen molar-refractivity contribution in [1.29, 1.82) is 0 Å². The predicted molar refractivity (Wildman–Crippen MR) is 83.1 cm³/mol. The van der Waals surface area contributed by atoms with Gasteiger partial charge in [-0.1, -0.05) is 17.7 Å². The van der Waals surface area contributed by atoms with Crippen molar-refractivity contribution >= 4 is 35.6 Å². The molecule has 0 unspecified atom stereocenters. The van der Waals surface area contributed by atoms with Gasteiger partial charge in [-0.05, 0) is 29.3 Å². The van der Waals surface area contributed by atoms with E-state index < -0.39 is 18.7 Å². The molecular formula is C14H10Cl3F4NO. The van der Waals surface area contributed by atoms with Crippen molar-refractivity contribution in [3.8, 4) is 16.9 Å². The van der Waals surface area contributed by atoms with Crippen LogP contribution in [0.4, 0.5) is 17.6 Å². The molecule has 1 heterocycles. The molecule has 0 fully saturated rings. The van der Waals surface area contributed by atoms with Crippen molar-refractivity contribution in [1.82, 2.24) is 4.98 Å². The van der Waals surface area contributed by atoms with E-state index in [-0.39, 0.29) is 34.6 Å². The number of halogens is 7. The third-order valence-corrected chi connectivity index (χ3v) is 3.43. The Bertz CT molecular complexity index is 670. The Hall–Kier alpha value is -1.24. The quantitative estimate of drug-likeness (QED) is 0.454. The summed E-state index contributed by atoms with van der Waals surface area (Å²) in [6.45, 7) is -3.02. The summed E-state index contributed by atoms with van der Waals surface area (Å²) in [7, 11) is 0. The molecule has 0 saturated heterocycles. The summed E-state index contributed by atoms with van der Waals surface area (Å²) in [6.07, 6.45) is -1.53. The Kier molecular flexibility index (Phi) is 7.38. The zero-order chi connectivity index (χ0) is 16.3. The van der Waals surface area contributed by atoms with Crippen molar-refractivity contribution < 1.29 is 22.3 Å². The topological polar surface area (TPSA) is 22.1 Å². The molecule has 0 atom stereocenters. The Morgan fingerprint density at radius 3 is 2.35 bits per heavy atom. The number of benzene rings is 1. The van der Waals surface area contributed by atoms with Crippen molar-refractivity contribution in [3.05, 3.63) is 46.7 Å². The maximum Gasteiger partial charge on any atom is 0.387 e. The van der Waals surface area contributed by atoms with Gasteiger partial charge in [0.2, 0.25) is 0 Å². The largest absolute Gasteiger partial charge is 0.433 e. The van der Waals surface area contributed by atoms with Crippen LogP contribution in [0.15, 0.2) is 30.5 Å². The molecule has 0 aliphatic rings. The molecule has 2 rings (SSSR count). The van der Waals surface area contributed by atoms with Gasteiger partial charge in [0.15, 0.2) is 0 Å². The number of alkyl halides is 5. The summed E-state index contributed by atoms with van der Waals surface area (Å²) < 4.78 is 54.4. The lowest BCUT2D eigenvalue weighted by Crippen LogP contribution is -2.02. The first-order valence-electron chi connectivity index (χ1n) is 6.00. The van der Waals surface area contributed by atoms with Gasteiger partial charge in [-0.15, -0.1) is 24.0 Å². The molecule has 0 saturated carbocycles. The molecule has 0 bridgehead atoms. The molecule has 0 amide bonds. The highest BCUT2D eigenvalue weighted by atomic mass is 35.5. The molecule has 0 N–H and O–H groups in total. The summed E-state index contributed by atoms with van der Waals surface area (Å²) in [5, 5.41) is 0.0128. The van der Waals surface area contributed by atoms with Gasteiger partial charge in [0.25, 0.3) is 6.43 Å². The maximum atomic E-state index is 12.8. The van der Waals surface area contributed by atoms with Gasteiger partial charge in [-0.25, -0.2) is 8.78 Å². The Morgan fingerprint density at radius 2 is 1.78 bits per heavy atom. The number of hydrogen-bond donors (Lipinski definition) is 0. The van der Waals surface area contributed by atoms with E-state index in [2.05, 4.69) is 9.72 Å². The molecule has 0 spiro atoms. The number of nitrogens with zero attached hydrogens (tertiary/aromatic N) is 1. The molecule has 1 aromatic heterocycles. The summed E-state index contributed by atoms with van der Waals surface area (Å²) in [5.74, 6) is -0.353. The van der Waals surface area contributed by atoms with Crippen LogP contribution in [0.5, 0.6) is 5.75 Å². The highest BCUT2D eigenvalue weighted by molar-refractivity contribution is 6.32. The van der Waals surface area contributed by atoms with E-state index in [1.165, 1.54) is 30.5 Å². The van der Waals surface area contributed by atoms with Crippen LogP contribution in [0.25, 0.3) is 11.1 Å². The van der Waals surface area contributed by atoms with Crippen LogP contribution >= 0.6 is 35.6 Å². The lowest BCUT2D eigenvalue weighted by Gasteiger charge is -2.11. The average molecular weight is 391 g/mol. The summed E-state index contributed by atoms with van der Waals surface area (Å²) in [5.41, 5.74) is 0.646. The van der Waals surface area contributed by atoms with Gasteiger partial charge >= 0.3 is 6.61 Å². The van der Waals surface area contributed by atoms with Crippen LogP contribution in [0.2, 0.25) is 5.02 Å². The second-order valence-electron chi connectivity index (χ2n) is 4.23. The van der Waals surface area contributed by atoms with Gasteiger partial charge in [-0.2, -0.15) is 8.78 Å². The van der Waals surface area contributed by atoms with Gasteiger partial charge in [0.05, 0.1) is 5.02 Å². The van der Waals surface area contributed by atoms with Crippen LogP contribution < -0.4 is 4.74 Å². The number of pyridine rings is 1. The van der Waals surface area contributed by atoms with Crippen LogP contribution in [-0.2, 0) is 5.88 Å². The minimum Gasteiger partial charge on any atom is -0.433 e. The summed E-state index contributed by atoms with van der Waals surface area (Å²) >= 11 is 11.4. The fourth-order valence-electron chi connectivity index (χ4n) is 1.85. The van der Waals surface area contributed by atoms with Crippen LogP contribution in [0.1, 0.15) is 17.7 Å². The van der Waals surface area contributed by atoms with Crippen molar-refractivity contribution in [3.63, 3.8) is 0 Å². The van der Waals surface area contributed by atoms with Crippen molar-refractivity contribution in [2.45, 2.75) is 18.9 Å². The molecule has 1 aromatic carbocycles. The first-order chi connectivity index (χ1) is 10.4. The fourth-order valence-corrected chi connectivity index (χ4v) is 2.23. The minimum absolute atomic E-state index is 0. The molecule has 126 valence electrons. The molecule has 2 nitrogen and oxygen atoms in total. The highest BCUT2D eigenvalue weighted by Crippen LogP contribution is 2.33. The summed E-state index contributed by atoms with van der Waals surface area (Å²) in [6, 6.07) is 5.62. The number of aromatic nitrogens is 1. The zero-order valence-electron chi connectivity index (χ0n) is 11.3. The van der Waals surface area contributed by atoms with Crippen LogP contribution in [0.3, 0.4) is 0 Å². The summed E-state index contributed by atoms with van der Waals surface area (Å²) in [4.78, 5) is 3.68. The fraction of sp³-hybridized carbons (Fsp3) is 0.214. The van der Waals surface area contributed by atoms with Gasteiger partial charge in [0.1, 0.15) is 11.4 Å². The molecule has 2 aromatic rings. The lowest BCUT2D eigenvalue weighted by molar-refractivity contribution is -0.0497. The van der Waals surface area contributed by atoms with E-state index in [1.54, 1.807) is 0 Å². The molecule has 23 heavy (non-hydrogen) atoms. The third-order valence-electron chi connectivity index (χ3n) is 2.83. The van der Waals surface area contributed by atoms with Crippen molar-refractivity contribution in [2.24, 2.45) is 0 Å². The monoisotopic (exact) mass is 389 g/mol. The number of ether oxygens (including phenoxy) is 1. The van der Waals surface area contributed by atoms with E-state index in [1.807, 2.05) is 0 Å². The van der Waals surface area contributed by atoms with Crippen LogP contribution in [0, 0.1) is 0 Å². The molecule has 0 aliphatic carbocycles. The number of hydrogen-bond acceptors (Lipinski definition) is 2. The van der Waals surface area contributed by atoms with E-state index in [0.717, 1.165) is 0 Å². The van der Waals surface area contributed by atoms with E-state index in [0.29, 0.717) is 11.1 Å². The van der Waals surface area contributed by atoms with Gasteiger partial charge in [-0.3, -0.25) is 4.98 Å². The van der Waals surface area contributed by atoms with Gasteiger partial charge in [0, 0.05) is 17.6 Å². The molecular weight excluding hydrogens is 381 g/mol. The number of rotatable bonds is 5. The SMILES string of the molecule is Cl.FC(F)Oc1cc(-c2cnc(C(F)F)c(CCl)c2)ccc1Cl. The standard InChI is InChI=1S/C14H9Cl2F4NO.ClH/c15-5-8-3-9(6-21-12(8)13(17)18)7-1-2-10(16)11(4-7)22-14(19)20;/h1-4,6,13-14H,5H2;1H. The predicted octanol–water partition coefficient (Wildman–Crippen LogP) is 6.10. The van der Waals surface area contributed by atoms with E-state index in [9.17, 15) is 17.6 Å². The molecule has 0 radical (unpaired) electrons. The Morgan fingerprint density at radius 1 is 1.09 bits per heavy atom. The van der Waals surface area contributed by atoms with Crippen LogP contribution in [-0.4, -0.2) is 11.6 Å². The Labute approximate surface area is 145 Å². The molecule has 9 heteroatoms. The lowest BCUT2D eigenvalue weighted by atomic mass is 10.0. The van der Waals surface area contributed by atoms with E-state index >= 15 is 0 Å². The smallest absolute Gasteiger partial charge is 0.387 e. The first kappa shape index (κ1) is 19.8. The van der Waals surface area contributed by atoms with Crippen molar-refractivity contribution in [2.75, 3.05) is 0 Å². The van der Waals surface area contributed by atoms with Gasteiger partial charge < -0.3 is 4.74 Å². The first-order valence-corrected chi connectivity index (χ1v) is 6.91. The van der Waals surface area contributed by atoms with E-state index in [4.69, 9.17) is 23.2 Å². The third kappa shape index (κ3) is 4.86. The minimum atomic E-state index is -3.02.